The Kier molecular flexibility index (Phi) is 3.51. The second-order valence-corrected chi connectivity index (χ2v) is 5.10. The van der Waals surface area contributed by atoms with Crippen LogP contribution in [0.3, 0.4) is 0 Å². The molecule has 21 heavy (non-hydrogen) atoms. The lowest BCUT2D eigenvalue weighted by atomic mass is 10.2. The van der Waals surface area contributed by atoms with Gasteiger partial charge in [-0.15, -0.1) is 0 Å². The molecule has 6 nitrogen and oxygen atoms in total. The summed E-state index contributed by atoms with van der Waals surface area (Å²) < 4.78 is 5.18. The molecule has 1 aliphatic rings. The predicted octanol–water partition coefficient (Wildman–Crippen LogP) is 3.03. The van der Waals surface area contributed by atoms with Crippen molar-refractivity contribution in [3.8, 4) is 0 Å². The third-order valence-corrected chi connectivity index (χ3v) is 3.58. The Bertz CT molecular complexity index is 643. The van der Waals surface area contributed by atoms with Crippen molar-refractivity contribution in [1.82, 2.24) is 4.98 Å². The molecule has 1 fully saturated rings. The molecule has 0 radical (unpaired) electrons. The number of anilines is 3. The number of aromatic carboxylic acids is 1. The van der Waals surface area contributed by atoms with Gasteiger partial charge in [0.1, 0.15) is 0 Å². The van der Waals surface area contributed by atoms with Gasteiger partial charge in [0.2, 0.25) is 5.76 Å². The highest BCUT2D eigenvalue weighted by Gasteiger charge is 2.16. The van der Waals surface area contributed by atoms with Crippen molar-refractivity contribution in [3.05, 3.63) is 35.7 Å². The van der Waals surface area contributed by atoms with E-state index in [1.807, 2.05) is 24.3 Å². The van der Waals surface area contributed by atoms with E-state index >= 15 is 0 Å². The van der Waals surface area contributed by atoms with Crippen LogP contribution in [0.1, 0.15) is 29.1 Å². The van der Waals surface area contributed by atoms with Crippen LogP contribution < -0.4 is 10.2 Å². The number of carboxylic acids is 1. The van der Waals surface area contributed by atoms with Crippen LogP contribution in [-0.2, 0) is 0 Å². The number of aryl methyl sites for hydroxylation is 1. The summed E-state index contributed by atoms with van der Waals surface area (Å²) in [7, 11) is 0. The van der Waals surface area contributed by atoms with Crippen LogP contribution in [0, 0.1) is 6.92 Å². The number of hydrogen-bond donors (Lipinski definition) is 2. The first kappa shape index (κ1) is 13.5. The van der Waals surface area contributed by atoms with E-state index in [4.69, 9.17) is 9.52 Å². The van der Waals surface area contributed by atoms with Gasteiger partial charge in [0.15, 0.2) is 0 Å². The zero-order valence-electron chi connectivity index (χ0n) is 11.8. The number of nitrogens with zero attached hydrogens (tertiary/aromatic N) is 2. The van der Waals surface area contributed by atoms with Crippen molar-refractivity contribution >= 4 is 23.4 Å². The molecule has 0 saturated carbocycles. The predicted molar refractivity (Wildman–Crippen MR) is 79.4 cm³/mol. The molecule has 0 aliphatic carbocycles. The van der Waals surface area contributed by atoms with Gasteiger partial charge in [0.25, 0.3) is 6.01 Å². The van der Waals surface area contributed by atoms with Gasteiger partial charge in [-0.3, -0.25) is 0 Å². The topological polar surface area (TPSA) is 78.6 Å². The SMILES string of the molecule is Cc1nc(Nc2ccc(N3CCCC3)cc2)oc1C(=O)O. The molecule has 1 aromatic carbocycles. The molecule has 2 aromatic rings. The summed E-state index contributed by atoms with van der Waals surface area (Å²) >= 11 is 0. The fourth-order valence-corrected chi connectivity index (χ4v) is 2.50. The van der Waals surface area contributed by atoms with E-state index in [0.29, 0.717) is 5.69 Å². The molecule has 6 heteroatoms. The van der Waals surface area contributed by atoms with Crippen molar-refractivity contribution in [2.24, 2.45) is 0 Å². The van der Waals surface area contributed by atoms with Gasteiger partial charge >= 0.3 is 5.97 Å². The zero-order chi connectivity index (χ0) is 14.8. The van der Waals surface area contributed by atoms with Crippen LogP contribution in [0.2, 0.25) is 0 Å². The van der Waals surface area contributed by atoms with E-state index in [-0.39, 0.29) is 11.8 Å². The third-order valence-electron chi connectivity index (χ3n) is 3.58. The fraction of sp³-hybridized carbons (Fsp3) is 0.333. The Balaban J connectivity index is 1.73. The fourth-order valence-electron chi connectivity index (χ4n) is 2.50. The molecule has 1 saturated heterocycles. The molecule has 0 bridgehead atoms. The van der Waals surface area contributed by atoms with Crippen LogP contribution in [0.15, 0.2) is 28.7 Å². The van der Waals surface area contributed by atoms with Crippen molar-refractivity contribution < 1.29 is 14.3 Å². The lowest BCUT2D eigenvalue weighted by Crippen LogP contribution is -2.17. The normalized spacial score (nSPS) is 14.4. The van der Waals surface area contributed by atoms with Gasteiger partial charge in [-0.05, 0) is 44.0 Å². The molecular formula is C15H17N3O3. The van der Waals surface area contributed by atoms with Gasteiger partial charge in [0.05, 0.1) is 5.69 Å². The van der Waals surface area contributed by atoms with Crippen molar-refractivity contribution in [1.29, 1.82) is 0 Å². The summed E-state index contributed by atoms with van der Waals surface area (Å²) in [5, 5.41) is 11.9. The summed E-state index contributed by atoms with van der Waals surface area (Å²) in [5.41, 5.74) is 2.38. The summed E-state index contributed by atoms with van der Waals surface area (Å²) in [6, 6.07) is 8.16. The zero-order valence-corrected chi connectivity index (χ0v) is 11.8. The van der Waals surface area contributed by atoms with Crippen molar-refractivity contribution in [2.75, 3.05) is 23.3 Å². The molecule has 1 aromatic heterocycles. The Morgan fingerprint density at radius 3 is 2.52 bits per heavy atom. The van der Waals surface area contributed by atoms with Crippen molar-refractivity contribution in [3.63, 3.8) is 0 Å². The highest BCUT2D eigenvalue weighted by Crippen LogP contribution is 2.24. The number of carboxylic acid groups (broad SMARTS) is 1. The number of oxazole rings is 1. The largest absolute Gasteiger partial charge is 0.475 e. The molecule has 2 N–H and O–H groups in total. The van der Waals surface area contributed by atoms with E-state index in [9.17, 15) is 4.79 Å². The molecule has 3 rings (SSSR count). The molecule has 0 spiro atoms. The van der Waals surface area contributed by atoms with E-state index < -0.39 is 5.97 Å². The van der Waals surface area contributed by atoms with Gasteiger partial charge in [-0.1, -0.05) is 0 Å². The van der Waals surface area contributed by atoms with Crippen LogP contribution in [0.25, 0.3) is 0 Å². The number of rotatable bonds is 4. The number of carbonyl (C=O) groups is 1. The van der Waals surface area contributed by atoms with E-state index in [1.54, 1.807) is 6.92 Å². The lowest BCUT2D eigenvalue weighted by molar-refractivity contribution is 0.0662. The Hall–Kier alpha value is -2.50. The first-order valence-corrected chi connectivity index (χ1v) is 6.96. The minimum atomic E-state index is -1.11. The molecule has 0 amide bonds. The maximum atomic E-state index is 10.9. The van der Waals surface area contributed by atoms with E-state index in [1.165, 1.54) is 18.5 Å². The molecule has 2 heterocycles. The second-order valence-electron chi connectivity index (χ2n) is 5.10. The second kappa shape index (κ2) is 5.47. The maximum Gasteiger partial charge on any atom is 0.373 e. The Morgan fingerprint density at radius 1 is 1.29 bits per heavy atom. The van der Waals surface area contributed by atoms with Gasteiger partial charge in [-0.2, -0.15) is 4.98 Å². The molecule has 110 valence electrons. The van der Waals surface area contributed by atoms with Gasteiger partial charge < -0.3 is 19.7 Å². The lowest BCUT2D eigenvalue weighted by Gasteiger charge is -2.17. The highest BCUT2D eigenvalue weighted by molar-refractivity contribution is 5.85. The van der Waals surface area contributed by atoms with E-state index in [2.05, 4.69) is 15.2 Å². The smallest absolute Gasteiger partial charge is 0.373 e. The number of aromatic nitrogens is 1. The van der Waals surface area contributed by atoms with Crippen LogP contribution in [0.5, 0.6) is 0 Å². The quantitative estimate of drug-likeness (QED) is 0.900. The molecule has 0 atom stereocenters. The number of benzene rings is 1. The van der Waals surface area contributed by atoms with Crippen LogP contribution in [0.4, 0.5) is 17.4 Å². The number of hydrogen-bond acceptors (Lipinski definition) is 5. The highest BCUT2D eigenvalue weighted by atomic mass is 16.4. The molecule has 1 aliphatic heterocycles. The summed E-state index contributed by atoms with van der Waals surface area (Å²) in [4.78, 5) is 17.3. The minimum Gasteiger partial charge on any atom is -0.475 e. The monoisotopic (exact) mass is 287 g/mol. The third kappa shape index (κ3) is 2.84. The first-order valence-electron chi connectivity index (χ1n) is 6.96. The average molecular weight is 287 g/mol. The Morgan fingerprint density at radius 2 is 1.95 bits per heavy atom. The van der Waals surface area contributed by atoms with E-state index in [0.717, 1.165) is 18.8 Å². The average Bonchev–Trinajstić information content (AvgIpc) is 3.09. The summed E-state index contributed by atoms with van der Waals surface area (Å²) in [6.45, 7) is 3.82. The molecular weight excluding hydrogens is 270 g/mol. The van der Waals surface area contributed by atoms with Crippen LogP contribution >= 0.6 is 0 Å². The standard InChI is InChI=1S/C15H17N3O3/c1-10-13(14(19)20)21-15(16-10)17-11-4-6-12(7-5-11)18-8-2-3-9-18/h4-7H,2-3,8-9H2,1H3,(H,16,17)(H,19,20). The first-order chi connectivity index (χ1) is 10.1. The van der Waals surface area contributed by atoms with Crippen LogP contribution in [-0.4, -0.2) is 29.1 Å². The Labute approximate surface area is 122 Å². The maximum absolute atomic E-state index is 10.9. The summed E-state index contributed by atoms with van der Waals surface area (Å²) in [5.74, 6) is -1.25. The van der Waals surface area contributed by atoms with Crippen molar-refractivity contribution in [2.45, 2.75) is 19.8 Å². The van der Waals surface area contributed by atoms with Gasteiger partial charge in [-0.25, -0.2) is 4.79 Å². The summed E-state index contributed by atoms with van der Waals surface area (Å²) in [6.07, 6.45) is 2.49. The molecule has 0 unspecified atom stereocenters. The number of nitrogens with one attached hydrogen (secondary N) is 1. The minimum absolute atomic E-state index is 0.133. The van der Waals surface area contributed by atoms with Gasteiger partial charge in [0, 0.05) is 24.5 Å².